The highest BCUT2D eigenvalue weighted by Gasteiger charge is 2.31. The fourth-order valence-corrected chi connectivity index (χ4v) is 1.79. The van der Waals surface area contributed by atoms with Crippen LogP contribution in [0.25, 0.3) is 0 Å². The predicted octanol–water partition coefficient (Wildman–Crippen LogP) is -0.237. The molecule has 2 N–H and O–H groups in total. The van der Waals surface area contributed by atoms with Gasteiger partial charge >= 0.3 is 11.4 Å². The van der Waals surface area contributed by atoms with Crippen molar-refractivity contribution in [2.45, 2.75) is 32.4 Å². The number of aromatic nitrogens is 3. The van der Waals surface area contributed by atoms with Crippen molar-refractivity contribution in [3.63, 3.8) is 0 Å². The molecule has 0 radical (unpaired) electrons. The van der Waals surface area contributed by atoms with Crippen molar-refractivity contribution in [2.75, 3.05) is 0 Å². The summed E-state index contributed by atoms with van der Waals surface area (Å²) in [4.78, 5) is 23.0. The van der Waals surface area contributed by atoms with Gasteiger partial charge < -0.3 is 5.11 Å². The largest absolute Gasteiger partial charge is 0.388 e. The van der Waals surface area contributed by atoms with Gasteiger partial charge in [0.2, 0.25) is 0 Å². The van der Waals surface area contributed by atoms with E-state index in [0.29, 0.717) is 5.57 Å². The van der Waals surface area contributed by atoms with Crippen LogP contribution in [0.1, 0.15) is 26.8 Å². The van der Waals surface area contributed by atoms with Gasteiger partial charge in [-0.3, -0.25) is 0 Å². The monoisotopic (exact) mass is 227 g/mol. The molecule has 0 saturated heterocycles. The molecule has 0 bridgehead atoms. The lowest BCUT2D eigenvalue weighted by molar-refractivity contribution is 0.0315. The summed E-state index contributed by atoms with van der Waals surface area (Å²) in [6.07, 6.45) is 0. The first kappa shape index (κ1) is 12.5. The molecule has 0 aliphatic carbocycles. The van der Waals surface area contributed by atoms with Gasteiger partial charge in [-0.25, -0.2) is 23.9 Å². The van der Waals surface area contributed by atoms with Gasteiger partial charge in [0, 0.05) is 7.05 Å². The first-order valence-electron chi connectivity index (χ1n) is 4.91. The molecule has 0 aliphatic heterocycles. The van der Waals surface area contributed by atoms with Crippen LogP contribution in [0.2, 0.25) is 0 Å². The maximum absolute atomic E-state index is 11.7. The van der Waals surface area contributed by atoms with Crippen molar-refractivity contribution < 1.29 is 5.11 Å². The van der Waals surface area contributed by atoms with Crippen LogP contribution in [-0.2, 0) is 7.05 Å². The van der Waals surface area contributed by atoms with Gasteiger partial charge in [0.25, 0.3) is 0 Å². The Kier molecular flexibility index (Phi) is 2.96. The molecule has 1 heterocycles. The normalized spacial score (nSPS) is 13.8. The first-order chi connectivity index (χ1) is 7.16. The van der Waals surface area contributed by atoms with E-state index in [9.17, 15) is 14.7 Å². The number of aromatic amines is 1. The highest BCUT2D eigenvalue weighted by Crippen LogP contribution is 2.25. The van der Waals surface area contributed by atoms with Crippen molar-refractivity contribution in [1.82, 2.24) is 14.3 Å². The number of nitrogens with one attached hydrogen (secondary N) is 1. The van der Waals surface area contributed by atoms with E-state index in [1.54, 1.807) is 20.8 Å². The molecule has 1 unspecified atom stereocenters. The van der Waals surface area contributed by atoms with E-state index < -0.39 is 23.0 Å². The van der Waals surface area contributed by atoms with Gasteiger partial charge in [0.05, 0.1) is 5.60 Å². The van der Waals surface area contributed by atoms with Gasteiger partial charge in [-0.05, 0) is 20.8 Å². The van der Waals surface area contributed by atoms with E-state index in [1.165, 1.54) is 7.05 Å². The van der Waals surface area contributed by atoms with Crippen LogP contribution in [0.15, 0.2) is 21.7 Å². The predicted molar refractivity (Wildman–Crippen MR) is 60.4 cm³/mol. The van der Waals surface area contributed by atoms with E-state index in [4.69, 9.17) is 0 Å². The van der Waals surface area contributed by atoms with E-state index in [2.05, 4.69) is 11.7 Å². The van der Waals surface area contributed by atoms with Gasteiger partial charge in [0.1, 0.15) is 6.04 Å². The van der Waals surface area contributed by atoms with Gasteiger partial charge in [-0.2, -0.15) is 0 Å². The number of hydrogen-bond donors (Lipinski definition) is 2. The van der Waals surface area contributed by atoms with Gasteiger partial charge in [-0.1, -0.05) is 12.2 Å². The summed E-state index contributed by atoms with van der Waals surface area (Å²) in [6, 6.07) is -0.658. The van der Waals surface area contributed by atoms with E-state index in [0.717, 1.165) is 9.25 Å². The third kappa shape index (κ3) is 2.01. The van der Waals surface area contributed by atoms with Crippen LogP contribution in [0.5, 0.6) is 0 Å². The molecule has 0 saturated carbocycles. The lowest BCUT2D eigenvalue weighted by atomic mass is 9.94. The van der Waals surface area contributed by atoms with E-state index in [1.807, 2.05) is 0 Å². The third-order valence-corrected chi connectivity index (χ3v) is 2.41. The molecule has 0 aliphatic rings. The molecular weight excluding hydrogens is 210 g/mol. The summed E-state index contributed by atoms with van der Waals surface area (Å²) in [6.45, 7) is 8.54. The van der Waals surface area contributed by atoms with Crippen molar-refractivity contribution in [1.29, 1.82) is 0 Å². The zero-order valence-corrected chi connectivity index (χ0v) is 9.94. The average molecular weight is 227 g/mol. The Balaban J connectivity index is 3.45. The fourth-order valence-electron chi connectivity index (χ4n) is 1.79. The molecule has 1 rings (SSSR count). The first-order valence-corrected chi connectivity index (χ1v) is 4.91. The number of rotatable bonds is 3. The average Bonchev–Trinajstić information content (AvgIpc) is 2.31. The molecule has 0 fully saturated rings. The molecule has 16 heavy (non-hydrogen) atoms. The minimum Gasteiger partial charge on any atom is -0.388 e. The van der Waals surface area contributed by atoms with Gasteiger partial charge in [0.15, 0.2) is 0 Å². The SMILES string of the molecule is C=C(C)C(n1[nH]c(=O)n(C)c1=O)C(C)(C)O. The van der Waals surface area contributed by atoms with Crippen LogP contribution < -0.4 is 11.4 Å². The Morgan fingerprint density at radius 3 is 2.25 bits per heavy atom. The zero-order chi connectivity index (χ0) is 12.7. The molecular formula is C10H17N3O3. The minimum absolute atomic E-state index is 0.500. The molecule has 1 atom stereocenters. The molecule has 6 heteroatoms. The summed E-state index contributed by atoms with van der Waals surface area (Å²) in [7, 11) is 1.37. The third-order valence-electron chi connectivity index (χ3n) is 2.41. The molecule has 1 aromatic rings. The topological polar surface area (TPSA) is 80.0 Å². The molecule has 0 spiro atoms. The molecule has 0 amide bonds. The lowest BCUT2D eigenvalue weighted by Crippen LogP contribution is -2.40. The Morgan fingerprint density at radius 2 is 2.00 bits per heavy atom. The maximum Gasteiger partial charge on any atom is 0.347 e. The number of aliphatic hydroxyl groups is 1. The Morgan fingerprint density at radius 1 is 1.50 bits per heavy atom. The maximum atomic E-state index is 11.7. The summed E-state index contributed by atoms with van der Waals surface area (Å²) in [5.41, 5.74) is -1.60. The van der Waals surface area contributed by atoms with Crippen LogP contribution in [0.4, 0.5) is 0 Å². The summed E-state index contributed by atoms with van der Waals surface area (Å²) in [5, 5.41) is 12.4. The lowest BCUT2D eigenvalue weighted by Gasteiger charge is -2.29. The van der Waals surface area contributed by atoms with Crippen molar-refractivity contribution in [2.24, 2.45) is 7.05 Å². The van der Waals surface area contributed by atoms with E-state index in [-0.39, 0.29) is 0 Å². The highest BCUT2D eigenvalue weighted by atomic mass is 16.3. The second kappa shape index (κ2) is 3.79. The fraction of sp³-hybridized carbons (Fsp3) is 0.600. The van der Waals surface area contributed by atoms with Crippen LogP contribution in [0, 0.1) is 0 Å². The van der Waals surface area contributed by atoms with Crippen LogP contribution in [0.3, 0.4) is 0 Å². The molecule has 90 valence electrons. The smallest absolute Gasteiger partial charge is 0.347 e. The number of H-pyrrole nitrogens is 1. The Labute approximate surface area is 92.8 Å². The molecule has 1 aromatic heterocycles. The summed E-state index contributed by atoms with van der Waals surface area (Å²) in [5.74, 6) is 0. The van der Waals surface area contributed by atoms with Crippen LogP contribution in [-0.4, -0.2) is 25.1 Å². The summed E-state index contributed by atoms with van der Waals surface area (Å²) < 4.78 is 2.05. The quantitative estimate of drug-likeness (QED) is 0.699. The van der Waals surface area contributed by atoms with Crippen molar-refractivity contribution in [3.8, 4) is 0 Å². The Bertz CT molecular complexity index is 513. The zero-order valence-electron chi connectivity index (χ0n) is 9.94. The second-order valence-corrected chi connectivity index (χ2v) is 4.53. The Hall–Kier alpha value is -1.56. The molecule has 6 nitrogen and oxygen atoms in total. The van der Waals surface area contributed by atoms with Crippen LogP contribution >= 0.6 is 0 Å². The van der Waals surface area contributed by atoms with Crippen molar-refractivity contribution >= 4 is 0 Å². The summed E-state index contributed by atoms with van der Waals surface area (Å²) >= 11 is 0. The number of nitrogens with zero attached hydrogens (tertiary/aromatic N) is 2. The van der Waals surface area contributed by atoms with Crippen molar-refractivity contribution in [3.05, 3.63) is 33.1 Å². The number of hydrogen-bond acceptors (Lipinski definition) is 3. The molecule has 0 aromatic carbocycles. The van der Waals surface area contributed by atoms with E-state index >= 15 is 0 Å². The highest BCUT2D eigenvalue weighted by molar-refractivity contribution is 5.06. The standard InChI is InChI=1S/C10H17N3O3/c1-6(2)7(10(3,4)16)13-9(15)12(5)8(14)11-13/h7,16H,1H2,2-5H3,(H,11,14). The second-order valence-electron chi connectivity index (χ2n) is 4.53. The minimum atomic E-state index is -1.18. The van der Waals surface area contributed by atoms with Gasteiger partial charge in [-0.15, -0.1) is 0 Å².